The fraction of sp³-hybridized carbons (Fsp3) is 0.833. The number of ether oxygens (including phenoxy) is 1. The smallest absolute Gasteiger partial charge is 0.324 e. The first-order chi connectivity index (χ1) is 4.84. The van der Waals surface area contributed by atoms with Crippen LogP contribution in [0.25, 0.3) is 0 Å². The highest BCUT2D eigenvalue weighted by atomic mass is 35.5. The van der Waals surface area contributed by atoms with E-state index in [2.05, 4.69) is 5.32 Å². The van der Waals surface area contributed by atoms with Crippen LogP contribution in [0, 0.1) is 0 Å². The van der Waals surface area contributed by atoms with Gasteiger partial charge in [0.2, 0.25) is 0 Å². The predicted molar refractivity (Wildman–Crippen MR) is 48.1 cm³/mol. The lowest BCUT2D eigenvalue weighted by atomic mass is 10.3. The van der Waals surface area contributed by atoms with Crippen LogP contribution in [0.3, 0.4) is 0 Å². The van der Waals surface area contributed by atoms with Gasteiger partial charge in [0.15, 0.2) is 0 Å². The second-order valence-corrected chi connectivity index (χ2v) is 3.05. The van der Waals surface area contributed by atoms with Crippen molar-refractivity contribution in [3.8, 4) is 0 Å². The summed E-state index contributed by atoms with van der Waals surface area (Å²) in [7, 11) is 0. The molecule has 0 spiro atoms. The molecule has 1 fully saturated rings. The Bertz CT molecular complexity index is 128. The topological polar surface area (TPSA) is 38.3 Å². The van der Waals surface area contributed by atoms with Crippen LogP contribution in [0.5, 0.6) is 0 Å². The Morgan fingerprint density at radius 3 is 3.00 bits per heavy atom. The highest BCUT2D eigenvalue weighted by Crippen LogP contribution is 2.10. The second-order valence-electron chi connectivity index (χ2n) is 2.02. The van der Waals surface area contributed by atoms with Gasteiger partial charge in [0.05, 0.1) is 6.61 Å². The molecule has 1 saturated heterocycles. The van der Waals surface area contributed by atoms with Crippen molar-refractivity contribution >= 4 is 30.1 Å². The van der Waals surface area contributed by atoms with E-state index in [4.69, 9.17) is 4.74 Å². The second kappa shape index (κ2) is 5.69. The van der Waals surface area contributed by atoms with Gasteiger partial charge in [-0.2, -0.15) is 0 Å². The lowest BCUT2D eigenvalue weighted by Crippen LogP contribution is -2.34. The minimum atomic E-state index is -0.118. The van der Waals surface area contributed by atoms with Crippen LogP contribution in [0.15, 0.2) is 0 Å². The minimum absolute atomic E-state index is 0. The van der Waals surface area contributed by atoms with Crippen molar-refractivity contribution in [2.24, 2.45) is 0 Å². The fourth-order valence-electron chi connectivity index (χ4n) is 0.789. The van der Waals surface area contributed by atoms with E-state index in [1.165, 1.54) is 0 Å². The van der Waals surface area contributed by atoms with Crippen molar-refractivity contribution in [2.45, 2.75) is 13.0 Å². The van der Waals surface area contributed by atoms with Crippen molar-refractivity contribution in [3.05, 3.63) is 0 Å². The number of rotatable bonds is 2. The fourth-order valence-corrected chi connectivity index (χ4v) is 1.72. The van der Waals surface area contributed by atoms with Crippen LogP contribution < -0.4 is 5.32 Å². The first-order valence-corrected chi connectivity index (χ1v) is 4.48. The number of hydrogen-bond donors (Lipinski definition) is 1. The minimum Gasteiger partial charge on any atom is -0.465 e. The third-order valence-electron chi connectivity index (χ3n) is 1.29. The molecule has 0 saturated carbocycles. The van der Waals surface area contributed by atoms with Gasteiger partial charge in [0, 0.05) is 11.6 Å². The molecule has 0 aromatic carbocycles. The monoisotopic (exact) mass is 197 g/mol. The standard InChI is InChI=1S/C6H11NO2S.ClH/c1-2-9-6(8)5-3-10-4-7-5;/h5,7H,2-4H2,1H3;1H/t5-;/m1./s1. The van der Waals surface area contributed by atoms with Gasteiger partial charge in [-0.1, -0.05) is 0 Å². The van der Waals surface area contributed by atoms with Gasteiger partial charge in [-0.05, 0) is 6.92 Å². The van der Waals surface area contributed by atoms with Crippen LogP contribution >= 0.6 is 24.2 Å². The molecule has 0 amide bonds. The van der Waals surface area contributed by atoms with Gasteiger partial charge in [0.1, 0.15) is 6.04 Å². The lowest BCUT2D eigenvalue weighted by Gasteiger charge is -2.06. The Hall–Kier alpha value is 0.0700. The number of halogens is 1. The van der Waals surface area contributed by atoms with Crippen LogP contribution in [-0.2, 0) is 9.53 Å². The summed E-state index contributed by atoms with van der Waals surface area (Å²) in [5.41, 5.74) is 0. The summed E-state index contributed by atoms with van der Waals surface area (Å²) in [6, 6.07) is -0.0649. The van der Waals surface area contributed by atoms with Gasteiger partial charge in [-0.3, -0.25) is 10.1 Å². The van der Waals surface area contributed by atoms with E-state index in [1.54, 1.807) is 11.8 Å². The Labute approximate surface area is 76.7 Å². The summed E-state index contributed by atoms with van der Waals surface area (Å²) in [6.07, 6.45) is 0. The molecule has 1 atom stereocenters. The van der Waals surface area contributed by atoms with E-state index in [1.807, 2.05) is 6.92 Å². The van der Waals surface area contributed by atoms with E-state index >= 15 is 0 Å². The van der Waals surface area contributed by atoms with Crippen molar-refractivity contribution in [1.82, 2.24) is 5.32 Å². The molecule has 66 valence electrons. The molecule has 1 heterocycles. The molecule has 3 nitrogen and oxygen atoms in total. The summed E-state index contributed by atoms with van der Waals surface area (Å²) in [6.45, 7) is 2.29. The molecule has 0 radical (unpaired) electrons. The van der Waals surface area contributed by atoms with Gasteiger partial charge < -0.3 is 4.74 Å². The normalized spacial score (nSPS) is 22.5. The molecule has 1 rings (SSSR count). The third kappa shape index (κ3) is 3.31. The van der Waals surface area contributed by atoms with Gasteiger partial charge in [-0.15, -0.1) is 24.2 Å². The summed E-state index contributed by atoms with van der Waals surface area (Å²) in [4.78, 5) is 10.9. The zero-order chi connectivity index (χ0) is 7.40. The molecule has 1 N–H and O–H groups in total. The molecule has 0 aromatic rings. The maximum absolute atomic E-state index is 10.9. The van der Waals surface area contributed by atoms with Crippen molar-refractivity contribution in [1.29, 1.82) is 0 Å². The molecule has 1 aliphatic rings. The van der Waals surface area contributed by atoms with Crippen LogP contribution in [0.4, 0.5) is 0 Å². The molecule has 5 heteroatoms. The Balaban J connectivity index is 0.000001000. The molecule has 11 heavy (non-hydrogen) atoms. The zero-order valence-electron chi connectivity index (χ0n) is 6.33. The predicted octanol–water partition coefficient (Wildman–Crippen LogP) is 0.634. The van der Waals surface area contributed by atoms with Crippen molar-refractivity contribution in [2.75, 3.05) is 18.2 Å². The number of hydrogen-bond acceptors (Lipinski definition) is 4. The van der Waals surface area contributed by atoms with E-state index in [9.17, 15) is 4.79 Å². The number of esters is 1. The van der Waals surface area contributed by atoms with E-state index < -0.39 is 0 Å². The van der Waals surface area contributed by atoms with Crippen LogP contribution in [0.1, 0.15) is 6.92 Å². The number of carbonyl (C=O) groups excluding carboxylic acids is 1. The molecule has 1 aliphatic heterocycles. The molecule has 0 bridgehead atoms. The summed E-state index contributed by atoms with van der Waals surface area (Å²) in [5, 5.41) is 3.03. The lowest BCUT2D eigenvalue weighted by molar-refractivity contribution is -0.144. The molecular formula is C6H12ClNO2S. The van der Waals surface area contributed by atoms with E-state index in [-0.39, 0.29) is 24.4 Å². The molecule has 0 aliphatic carbocycles. The van der Waals surface area contributed by atoms with E-state index in [0.29, 0.717) is 6.61 Å². The Kier molecular flexibility index (Phi) is 5.72. The SMILES string of the molecule is CCOC(=O)[C@H]1CSCN1.Cl. The molecular weight excluding hydrogens is 186 g/mol. The van der Waals surface area contributed by atoms with Crippen LogP contribution in [-0.4, -0.2) is 30.2 Å². The van der Waals surface area contributed by atoms with E-state index in [0.717, 1.165) is 11.6 Å². The van der Waals surface area contributed by atoms with Crippen molar-refractivity contribution in [3.63, 3.8) is 0 Å². The summed E-state index contributed by atoms with van der Waals surface area (Å²) in [5.74, 6) is 1.59. The van der Waals surface area contributed by atoms with Gasteiger partial charge >= 0.3 is 5.97 Å². The average Bonchev–Trinajstić information content (AvgIpc) is 2.38. The largest absolute Gasteiger partial charge is 0.465 e. The number of thioether (sulfide) groups is 1. The highest BCUT2D eigenvalue weighted by molar-refractivity contribution is 7.99. The van der Waals surface area contributed by atoms with Crippen LogP contribution in [0.2, 0.25) is 0 Å². The van der Waals surface area contributed by atoms with Gasteiger partial charge in [-0.25, -0.2) is 0 Å². The first-order valence-electron chi connectivity index (χ1n) is 3.32. The number of nitrogens with one attached hydrogen (secondary N) is 1. The number of carbonyl (C=O) groups is 1. The first kappa shape index (κ1) is 11.1. The van der Waals surface area contributed by atoms with Gasteiger partial charge in [0.25, 0.3) is 0 Å². The van der Waals surface area contributed by atoms with Crippen molar-refractivity contribution < 1.29 is 9.53 Å². The maximum Gasteiger partial charge on any atom is 0.324 e. The quantitative estimate of drug-likeness (QED) is 0.660. The summed E-state index contributed by atoms with van der Waals surface area (Å²) < 4.78 is 4.81. The zero-order valence-corrected chi connectivity index (χ0v) is 7.96. The Morgan fingerprint density at radius 2 is 2.55 bits per heavy atom. The summed E-state index contributed by atoms with van der Waals surface area (Å²) >= 11 is 1.72. The molecule has 0 aromatic heterocycles. The third-order valence-corrected chi connectivity index (χ3v) is 2.23. The Morgan fingerprint density at radius 1 is 1.82 bits per heavy atom. The molecule has 0 unspecified atom stereocenters. The highest BCUT2D eigenvalue weighted by Gasteiger charge is 2.22. The maximum atomic E-state index is 10.9. The average molecular weight is 198 g/mol.